The second kappa shape index (κ2) is 12.0. The van der Waals surface area contributed by atoms with E-state index in [1.54, 1.807) is 30.3 Å². The van der Waals surface area contributed by atoms with Gasteiger partial charge in [-0.3, -0.25) is 4.68 Å². The number of rotatable bonds is 10. The van der Waals surface area contributed by atoms with Crippen LogP contribution in [0.5, 0.6) is 0 Å². The SMILES string of the molecule is CC(C)c1cccc(C(C)C)c1NC(=O)NS(=O)(=O)N(Cc1ccccc1)Cc1ccn(CC(F)(F)F)n1. The summed E-state index contributed by atoms with van der Waals surface area (Å²) in [5, 5.41) is 6.57. The molecular formula is C26H32F3N5O3S. The van der Waals surface area contributed by atoms with E-state index in [-0.39, 0.29) is 30.6 Å². The lowest BCUT2D eigenvalue weighted by Gasteiger charge is -2.23. The minimum atomic E-state index is -4.47. The summed E-state index contributed by atoms with van der Waals surface area (Å²) in [5.41, 5.74) is 2.99. The van der Waals surface area contributed by atoms with E-state index in [0.717, 1.165) is 21.6 Å². The molecule has 2 N–H and O–H groups in total. The summed E-state index contributed by atoms with van der Waals surface area (Å²) in [6.45, 7) is 6.11. The van der Waals surface area contributed by atoms with E-state index < -0.39 is 29.0 Å². The molecule has 0 aliphatic heterocycles. The number of hydrogen-bond donors (Lipinski definition) is 2. The molecule has 0 unspecified atom stereocenters. The van der Waals surface area contributed by atoms with Gasteiger partial charge in [0.1, 0.15) is 6.54 Å². The maximum atomic E-state index is 13.4. The van der Waals surface area contributed by atoms with Crippen molar-refractivity contribution >= 4 is 21.9 Å². The van der Waals surface area contributed by atoms with Crippen molar-refractivity contribution in [1.29, 1.82) is 0 Å². The van der Waals surface area contributed by atoms with E-state index in [2.05, 4.69) is 15.1 Å². The second-order valence-corrected chi connectivity index (χ2v) is 11.2. The van der Waals surface area contributed by atoms with Crippen LogP contribution in [0, 0.1) is 0 Å². The van der Waals surface area contributed by atoms with Gasteiger partial charge in [-0.25, -0.2) is 9.52 Å². The molecule has 0 fully saturated rings. The number of aromatic nitrogens is 2. The molecule has 2 aromatic carbocycles. The molecule has 0 saturated carbocycles. The predicted molar refractivity (Wildman–Crippen MR) is 140 cm³/mol. The number of hydrogen-bond acceptors (Lipinski definition) is 4. The van der Waals surface area contributed by atoms with Gasteiger partial charge in [0.2, 0.25) is 0 Å². The number of para-hydroxylation sites is 1. The Morgan fingerprint density at radius 1 is 0.947 bits per heavy atom. The third kappa shape index (κ3) is 8.06. The second-order valence-electron chi connectivity index (χ2n) is 9.56. The van der Waals surface area contributed by atoms with Crippen LogP contribution in [-0.4, -0.2) is 34.7 Å². The Balaban J connectivity index is 1.86. The maximum absolute atomic E-state index is 13.4. The highest BCUT2D eigenvalue weighted by Crippen LogP contribution is 2.32. The van der Waals surface area contributed by atoms with Gasteiger partial charge in [0.15, 0.2) is 0 Å². The van der Waals surface area contributed by atoms with Crippen LogP contribution in [0.2, 0.25) is 0 Å². The number of amides is 2. The fourth-order valence-electron chi connectivity index (χ4n) is 3.97. The zero-order valence-corrected chi connectivity index (χ0v) is 22.5. The van der Waals surface area contributed by atoms with Gasteiger partial charge < -0.3 is 5.32 Å². The molecule has 1 heterocycles. The molecule has 0 atom stereocenters. The molecule has 0 saturated heterocycles. The Bertz CT molecular complexity index is 1310. The monoisotopic (exact) mass is 551 g/mol. The first-order valence-corrected chi connectivity index (χ1v) is 13.5. The van der Waals surface area contributed by atoms with Gasteiger partial charge >= 0.3 is 22.4 Å². The largest absolute Gasteiger partial charge is 0.408 e. The number of anilines is 1. The molecule has 0 bridgehead atoms. The normalized spacial score (nSPS) is 12.4. The van der Waals surface area contributed by atoms with Crippen LogP contribution in [-0.2, 0) is 29.8 Å². The standard InChI is InChI=1S/C26H32F3N5O3S/c1-18(2)22-11-8-12-23(19(3)4)24(22)30-25(35)32-38(36,37)34(15-20-9-6-5-7-10-20)16-21-13-14-33(31-21)17-26(27,28)29/h5-14,18-19H,15-17H2,1-4H3,(H2,30,32,35). The lowest BCUT2D eigenvalue weighted by atomic mass is 9.93. The Morgan fingerprint density at radius 3 is 2.11 bits per heavy atom. The van der Waals surface area contributed by atoms with Gasteiger partial charge in [0.25, 0.3) is 0 Å². The lowest BCUT2D eigenvalue weighted by molar-refractivity contribution is -0.142. The first-order chi connectivity index (χ1) is 17.7. The summed E-state index contributed by atoms with van der Waals surface area (Å²) < 4.78 is 68.7. The van der Waals surface area contributed by atoms with E-state index in [1.165, 1.54) is 6.07 Å². The Kier molecular flexibility index (Phi) is 9.21. The van der Waals surface area contributed by atoms with Crippen molar-refractivity contribution in [2.75, 3.05) is 5.32 Å². The van der Waals surface area contributed by atoms with Gasteiger partial charge in [-0.1, -0.05) is 76.2 Å². The van der Waals surface area contributed by atoms with Crippen LogP contribution in [0.15, 0.2) is 60.8 Å². The Morgan fingerprint density at radius 2 is 1.55 bits per heavy atom. The first-order valence-electron chi connectivity index (χ1n) is 12.1. The van der Waals surface area contributed by atoms with Gasteiger partial charge in [-0.15, -0.1) is 0 Å². The first kappa shape index (κ1) is 29.2. The fourth-order valence-corrected chi connectivity index (χ4v) is 5.01. The highest BCUT2D eigenvalue weighted by Gasteiger charge is 2.30. The molecule has 38 heavy (non-hydrogen) atoms. The van der Waals surface area contributed by atoms with E-state index in [1.807, 2.05) is 45.9 Å². The van der Waals surface area contributed by atoms with Gasteiger partial charge in [0.05, 0.1) is 12.2 Å². The van der Waals surface area contributed by atoms with Crippen molar-refractivity contribution in [2.24, 2.45) is 0 Å². The average Bonchev–Trinajstić information content (AvgIpc) is 3.23. The van der Waals surface area contributed by atoms with Crippen molar-refractivity contribution in [2.45, 2.75) is 65.3 Å². The van der Waals surface area contributed by atoms with E-state index in [0.29, 0.717) is 15.9 Å². The molecular weight excluding hydrogens is 519 g/mol. The molecule has 12 heteroatoms. The highest BCUT2D eigenvalue weighted by atomic mass is 32.2. The summed E-state index contributed by atoms with van der Waals surface area (Å²) in [6.07, 6.45) is -3.34. The summed E-state index contributed by atoms with van der Waals surface area (Å²) >= 11 is 0. The van der Waals surface area contributed by atoms with Gasteiger partial charge in [-0.2, -0.15) is 31.0 Å². The lowest BCUT2D eigenvalue weighted by Crippen LogP contribution is -2.44. The Labute approximate surface area is 221 Å². The van der Waals surface area contributed by atoms with Gasteiger partial charge in [0, 0.05) is 18.4 Å². The zero-order valence-electron chi connectivity index (χ0n) is 21.7. The average molecular weight is 552 g/mol. The minimum absolute atomic E-state index is 0.0713. The number of nitrogens with one attached hydrogen (secondary N) is 2. The van der Waals surface area contributed by atoms with Crippen LogP contribution < -0.4 is 10.0 Å². The number of carbonyl (C=O) groups is 1. The molecule has 0 aliphatic carbocycles. The number of alkyl halides is 3. The Hall–Kier alpha value is -3.38. The van der Waals surface area contributed by atoms with Crippen molar-refractivity contribution in [3.05, 3.63) is 83.2 Å². The van der Waals surface area contributed by atoms with Gasteiger partial charge in [-0.05, 0) is 34.6 Å². The molecule has 206 valence electrons. The summed E-state index contributed by atoms with van der Waals surface area (Å²) in [4.78, 5) is 13.0. The van der Waals surface area contributed by atoms with E-state index in [4.69, 9.17) is 0 Å². The fraction of sp³-hybridized carbons (Fsp3) is 0.385. The summed E-state index contributed by atoms with van der Waals surface area (Å²) in [5.74, 6) is 0.143. The van der Waals surface area contributed by atoms with Crippen molar-refractivity contribution in [3.63, 3.8) is 0 Å². The number of halogens is 3. The molecule has 2 amide bonds. The number of benzene rings is 2. The third-order valence-electron chi connectivity index (χ3n) is 5.75. The molecule has 1 aromatic heterocycles. The minimum Gasteiger partial charge on any atom is -0.307 e. The highest BCUT2D eigenvalue weighted by molar-refractivity contribution is 7.87. The molecule has 3 aromatic rings. The topological polar surface area (TPSA) is 96.3 Å². The smallest absolute Gasteiger partial charge is 0.307 e. The van der Waals surface area contributed by atoms with Crippen LogP contribution in [0.25, 0.3) is 0 Å². The predicted octanol–water partition coefficient (Wildman–Crippen LogP) is 5.76. The molecule has 3 rings (SSSR count). The molecule has 0 radical (unpaired) electrons. The molecule has 0 spiro atoms. The quantitative estimate of drug-likeness (QED) is 0.335. The van der Waals surface area contributed by atoms with Crippen LogP contribution in [0.3, 0.4) is 0 Å². The zero-order chi connectivity index (χ0) is 28.1. The van der Waals surface area contributed by atoms with E-state index >= 15 is 0 Å². The number of carbonyl (C=O) groups excluding carboxylic acids is 1. The van der Waals surface area contributed by atoms with Crippen molar-refractivity contribution in [1.82, 2.24) is 18.8 Å². The molecule has 0 aliphatic rings. The maximum Gasteiger partial charge on any atom is 0.408 e. The van der Waals surface area contributed by atoms with Crippen molar-refractivity contribution in [3.8, 4) is 0 Å². The number of nitrogens with zero attached hydrogens (tertiary/aromatic N) is 3. The van der Waals surface area contributed by atoms with Crippen molar-refractivity contribution < 1.29 is 26.4 Å². The summed E-state index contributed by atoms with van der Waals surface area (Å²) in [6, 6.07) is 14.7. The third-order valence-corrected chi connectivity index (χ3v) is 7.13. The van der Waals surface area contributed by atoms with Crippen LogP contribution in [0.4, 0.5) is 23.7 Å². The number of urea groups is 1. The van der Waals surface area contributed by atoms with E-state index in [9.17, 15) is 26.4 Å². The molecule has 8 nitrogen and oxygen atoms in total. The van der Waals surface area contributed by atoms with Crippen LogP contribution >= 0.6 is 0 Å². The van der Waals surface area contributed by atoms with Crippen LogP contribution in [0.1, 0.15) is 61.9 Å². The summed E-state index contributed by atoms with van der Waals surface area (Å²) in [7, 11) is -4.43.